The summed E-state index contributed by atoms with van der Waals surface area (Å²) in [5.74, 6) is -0.303. The first kappa shape index (κ1) is 21.5. The van der Waals surface area contributed by atoms with Crippen LogP contribution in [-0.4, -0.2) is 27.0 Å². The van der Waals surface area contributed by atoms with E-state index in [1.165, 1.54) is 10.1 Å². The van der Waals surface area contributed by atoms with E-state index >= 15 is 0 Å². The van der Waals surface area contributed by atoms with E-state index in [2.05, 4.69) is 15.3 Å². The number of nitrogens with one attached hydrogen (secondary N) is 2. The molecule has 30 heavy (non-hydrogen) atoms. The number of aromatic amines is 1. The lowest BCUT2D eigenvalue weighted by Gasteiger charge is -2.14. The molecular formula is C23H28N4O3. The number of aryl methyl sites for hydroxylation is 2. The van der Waals surface area contributed by atoms with Crippen molar-refractivity contribution in [2.24, 2.45) is 0 Å². The van der Waals surface area contributed by atoms with Crippen molar-refractivity contribution in [3.05, 3.63) is 73.6 Å². The van der Waals surface area contributed by atoms with Crippen molar-refractivity contribution in [2.45, 2.75) is 53.0 Å². The molecule has 0 spiro atoms. The number of rotatable bonds is 7. The maximum atomic E-state index is 13.0. The van der Waals surface area contributed by atoms with Crippen molar-refractivity contribution < 1.29 is 4.79 Å². The number of aromatic nitrogens is 3. The van der Waals surface area contributed by atoms with E-state index in [0.29, 0.717) is 31.6 Å². The third-order valence-electron chi connectivity index (χ3n) is 5.19. The molecule has 7 heteroatoms. The van der Waals surface area contributed by atoms with Gasteiger partial charge in [0.15, 0.2) is 5.65 Å². The molecule has 0 bridgehead atoms. The zero-order chi connectivity index (χ0) is 21.8. The maximum Gasteiger partial charge on any atom is 0.329 e. The molecule has 0 atom stereocenters. The molecule has 158 valence electrons. The third-order valence-corrected chi connectivity index (χ3v) is 5.19. The molecule has 2 N–H and O–H groups in total. The van der Waals surface area contributed by atoms with Crippen LogP contribution in [0.4, 0.5) is 0 Å². The van der Waals surface area contributed by atoms with Crippen molar-refractivity contribution >= 4 is 16.9 Å². The van der Waals surface area contributed by atoms with Gasteiger partial charge < -0.3 is 5.32 Å². The van der Waals surface area contributed by atoms with E-state index in [4.69, 9.17) is 0 Å². The summed E-state index contributed by atoms with van der Waals surface area (Å²) < 4.78 is 1.44. The minimum atomic E-state index is -0.589. The fourth-order valence-electron chi connectivity index (χ4n) is 3.50. The molecule has 0 radical (unpaired) electrons. The topological polar surface area (TPSA) is 96.9 Å². The summed E-state index contributed by atoms with van der Waals surface area (Å²) in [4.78, 5) is 44.9. The first-order chi connectivity index (χ1) is 14.3. The van der Waals surface area contributed by atoms with Crippen molar-refractivity contribution in [1.29, 1.82) is 0 Å². The van der Waals surface area contributed by atoms with Crippen LogP contribution >= 0.6 is 0 Å². The van der Waals surface area contributed by atoms with E-state index in [1.807, 2.05) is 52.0 Å². The molecule has 0 aliphatic rings. The Bertz CT molecular complexity index is 1190. The second-order valence-corrected chi connectivity index (χ2v) is 7.79. The summed E-state index contributed by atoms with van der Waals surface area (Å²) in [5.41, 5.74) is 2.42. The molecule has 0 aliphatic carbocycles. The number of benzene rings is 1. The van der Waals surface area contributed by atoms with Crippen molar-refractivity contribution in [2.75, 3.05) is 6.54 Å². The van der Waals surface area contributed by atoms with Crippen LogP contribution in [0.1, 0.15) is 60.3 Å². The van der Waals surface area contributed by atoms with Crippen LogP contribution in [-0.2, 0) is 13.0 Å². The second-order valence-electron chi connectivity index (χ2n) is 7.79. The Hall–Kier alpha value is -3.22. The van der Waals surface area contributed by atoms with Crippen LogP contribution in [0.15, 0.2) is 39.9 Å². The molecule has 2 aromatic heterocycles. The summed E-state index contributed by atoms with van der Waals surface area (Å²) >= 11 is 0. The second kappa shape index (κ2) is 9.07. The average Bonchev–Trinajstić information content (AvgIpc) is 2.71. The third kappa shape index (κ3) is 4.35. The minimum absolute atomic E-state index is 0.0392. The van der Waals surface area contributed by atoms with Crippen LogP contribution in [0, 0.1) is 6.92 Å². The van der Waals surface area contributed by atoms with Gasteiger partial charge in [0, 0.05) is 18.8 Å². The number of hydrogen-bond donors (Lipinski definition) is 2. The summed E-state index contributed by atoms with van der Waals surface area (Å²) in [5, 5.41) is 3.07. The lowest BCUT2D eigenvalue weighted by atomic mass is 10.0. The Kier molecular flexibility index (Phi) is 6.50. The zero-order valence-corrected chi connectivity index (χ0v) is 17.9. The van der Waals surface area contributed by atoms with Gasteiger partial charge >= 0.3 is 5.69 Å². The Morgan fingerprint density at radius 3 is 2.63 bits per heavy atom. The van der Waals surface area contributed by atoms with Crippen LogP contribution in [0.25, 0.3) is 11.0 Å². The molecule has 7 nitrogen and oxygen atoms in total. The van der Waals surface area contributed by atoms with Crippen molar-refractivity contribution in [1.82, 2.24) is 19.9 Å². The number of H-pyrrole nitrogens is 1. The summed E-state index contributed by atoms with van der Waals surface area (Å²) in [6.07, 6.45) is 1.39. The zero-order valence-electron chi connectivity index (χ0n) is 17.9. The van der Waals surface area contributed by atoms with E-state index in [-0.39, 0.29) is 28.4 Å². The lowest BCUT2D eigenvalue weighted by Crippen LogP contribution is -2.34. The van der Waals surface area contributed by atoms with Gasteiger partial charge in [-0.15, -0.1) is 0 Å². The Morgan fingerprint density at radius 2 is 1.97 bits per heavy atom. The van der Waals surface area contributed by atoms with E-state index in [9.17, 15) is 14.4 Å². The van der Waals surface area contributed by atoms with Gasteiger partial charge in [-0.1, -0.05) is 45.0 Å². The van der Waals surface area contributed by atoms with E-state index in [1.54, 1.807) is 6.07 Å². The summed E-state index contributed by atoms with van der Waals surface area (Å²) in [6.45, 7) is 8.75. The molecule has 0 unspecified atom stereocenters. The standard InChI is InChI=1S/C23H28N4O3/c1-5-12-27-20-19(22(29)26-23(27)30)17(13-18(25-20)14(2)3)21(28)24-11-10-16-9-7-6-8-15(16)4/h6-9,13-14H,5,10-12H2,1-4H3,(H,24,28)(H,26,29,30). The van der Waals surface area contributed by atoms with Gasteiger partial charge in [0.1, 0.15) is 0 Å². The van der Waals surface area contributed by atoms with Crippen LogP contribution in [0.2, 0.25) is 0 Å². The Morgan fingerprint density at radius 1 is 1.23 bits per heavy atom. The highest BCUT2D eigenvalue weighted by Gasteiger charge is 2.20. The number of carbonyl (C=O) groups excluding carboxylic acids is 1. The van der Waals surface area contributed by atoms with Crippen LogP contribution in [0.5, 0.6) is 0 Å². The van der Waals surface area contributed by atoms with E-state index < -0.39 is 11.2 Å². The van der Waals surface area contributed by atoms with Gasteiger partial charge in [0.2, 0.25) is 0 Å². The molecule has 2 heterocycles. The van der Waals surface area contributed by atoms with Gasteiger partial charge in [-0.05, 0) is 42.9 Å². The average molecular weight is 409 g/mol. The molecule has 1 amide bonds. The highest BCUT2D eigenvalue weighted by molar-refractivity contribution is 6.05. The smallest absolute Gasteiger partial charge is 0.329 e. The molecule has 3 rings (SSSR count). The minimum Gasteiger partial charge on any atom is -0.352 e. The number of hydrogen-bond acceptors (Lipinski definition) is 4. The Balaban J connectivity index is 2.02. The Labute approximate surface area is 175 Å². The van der Waals surface area contributed by atoms with Gasteiger partial charge in [-0.3, -0.25) is 19.1 Å². The van der Waals surface area contributed by atoms with E-state index in [0.717, 1.165) is 5.56 Å². The number of nitrogens with zero attached hydrogens (tertiary/aromatic N) is 2. The number of fused-ring (bicyclic) bond motifs is 1. The number of pyridine rings is 1. The monoisotopic (exact) mass is 408 g/mol. The number of amides is 1. The normalized spacial score (nSPS) is 11.2. The first-order valence-electron chi connectivity index (χ1n) is 10.3. The van der Waals surface area contributed by atoms with Gasteiger partial charge in [-0.2, -0.15) is 0 Å². The predicted octanol–water partition coefficient (Wildman–Crippen LogP) is 2.90. The molecular weight excluding hydrogens is 380 g/mol. The van der Waals surface area contributed by atoms with Crippen molar-refractivity contribution in [3.63, 3.8) is 0 Å². The highest BCUT2D eigenvalue weighted by atomic mass is 16.2. The van der Waals surface area contributed by atoms with Gasteiger partial charge in [0.05, 0.1) is 10.9 Å². The molecule has 0 fully saturated rings. The fourth-order valence-corrected chi connectivity index (χ4v) is 3.50. The largest absolute Gasteiger partial charge is 0.352 e. The first-order valence-corrected chi connectivity index (χ1v) is 10.3. The number of carbonyl (C=O) groups is 1. The molecule has 0 aliphatic heterocycles. The summed E-state index contributed by atoms with van der Waals surface area (Å²) in [7, 11) is 0. The van der Waals surface area contributed by atoms with Crippen LogP contribution < -0.4 is 16.6 Å². The SMILES string of the molecule is CCCn1c(=O)[nH]c(=O)c2c(C(=O)NCCc3ccccc3C)cc(C(C)C)nc21. The molecule has 0 saturated heterocycles. The highest BCUT2D eigenvalue weighted by Crippen LogP contribution is 2.20. The molecule has 0 saturated carbocycles. The summed E-state index contributed by atoms with van der Waals surface area (Å²) in [6, 6.07) is 9.69. The van der Waals surface area contributed by atoms with Gasteiger partial charge in [-0.25, -0.2) is 9.78 Å². The molecule has 3 aromatic rings. The maximum absolute atomic E-state index is 13.0. The fraction of sp³-hybridized carbons (Fsp3) is 0.391. The lowest BCUT2D eigenvalue weighted by molar-refractivity contribution is 0.0955. The van der Waals surface area contributed by atoms with Crippen LogP contribution in [0.3, 0.4) is 0 Å². The molecule has 1 aromatic carbocycles. The predicted molar refractivity (Wildman–Crippen MR) is 118 cm³/mol. The quantitative estimate of drug-likeness (QED) is 0.628. The van der Waals surface area contributed by atoms with Crippen molar-refractivity contribution in [3.8, 4) is 0 Å². The van der Waals surface area contributed by atoms with Gasteiger partial charge in [0.25, 0.3) is 11.5 Å².